The lowest BCUT2D eigenvalue weighted by Gasteiger charge is -2.13. The van der Waals surface area contributed by atoms with E-state index in [-0.39, 0.29) is 5.96 Å². The number of aliphatic carboxylic acids is 1. The fourth-order valence-corrected chi connectivity index (χ4v) is 1.09. The molecule has 0 heterocycles. The zero-order valence-electron chi connectivity index (χ0n) is 7.40. The number of hydrogen-bond donors (Lipinski definition) is 4. The van der Waals surface area contributed by atoms with Gasteiger partial charge in [0.25, 0.3) is 0 Å². The average Bonchev–Trinajstić information content (AvgIpc) is 2.15. The van der Waals surface area contributed by atoms with Crippen molar-refractivity contribution in [1.82, 2.24) is 5.32 Å². The summed E-state index contributed by atoms with van der Waals surface area (Å²) < 4.78 is 0. The molecule has 0 saturated carbocycles. The Labute approximate surface area is 81.1 Å². The van der Waals surface area contributed by atoms with Crippen LogP contribution in [-0.4, -0.2) is 17.0 Å². The number of nitrogens with one attached hydrogen (secondary N) is 2. The summed E-state index contributed by atoms with van der Waals surface area (Å²) in [5, 5.41) is 18.2. The number of carboxylic acids is 1. The highest BCUT2D eigenvalue weighted by Crippen LogP contribution is 2.11. The van der Waals surface area contributed by atoms with Crippen LogP contribution in [0.4, 0.5) is 0 Å². The van der Waals surface area contributed by atoms with E-state index in [1.165, 1.54) is 0 Å². The number of nitrogens with two attached hydrogens (primary N) is 1. The Bertz CT molecular complexity index is 337. The van der Waals surface area contributed by atoms with E-state index in [9.17, 15) is 4.79 Å². The number of carboxylic acid groups (broad SMARTS) is 1. The smallest absolute Gasteiger partial charge is 0.330 e. The molecule has 0 saturated heterocycles. The van der Waals surface area contributed by atoms with E-state index in [0.29, 0.717) is 5.56 Å². The summed E-state index contributed by atoms with van der Waals surface area (Å²) in [6, 6.07) is 7.61. The van der Waals surface area contributed by atoms with Crippen LogP contribution in [0.5, 0.6) is 0 Å². The molecule has 0 fully saturated rings. The van der Waals surface area contributed by atoms with Gasteiger partial charge in [-0.3, -0.25) is 5.41 Å². The van der Waals surface area contributed by atoms with Gasteiger partial charge in [-0.25, -0.2) is 4.79 Å². The van der Waals surface area contributed by atoms with Crippen molar-refractivity contribution in [2.75, 3.05) is 0 Å². The minimum absolute atomic E-state index is 0.360. The number of guanidine groups is 1. The minimum atomic E-state index is -1.06. The van der Waals surface area contributed by atoms with Gasteiger partial charge in [-0.2, -0.15) is 0 Å². The molecule has 0 bridgehead atoms. The van der Waals surface area contributed by atoms with Crippen LogP contribution in [0.25, 0.3) is 0 Å². The van der Waals surface area contributed by atoms with E-state index in [2.05, 4.69) is 5.32 Å². The lowest BCUT2D eigenvalue weighted by molar-refractivity contribution is -0.139. The number of rotatable bonds is 3. The number of hydrogen-bond acceptors (Lipinski definition) is 2. The van der Waals surface area contributed by atoms with Gasteiger partial charge in [-0.05, 0) is 5.56 Å². The maximum Gasteiger partial charge on any atom is 0.330 e. The molecule has 0 aliphatic carbocycles. The maximum absolute atomic E-state index is 10.8. The minimum Gasteiger partial charge on any atom is -0.479 e. The second kappa shape index (κ2) is 4.27. The highest BCUT2D eigenvalue weighted by Gasteiger charge is 2.19. The fourth-order valence-electron chi connectivity index (χ4n) is 1.09. The van der Waals surface area contributed by atoms with Crippen LogP contribution in [0, 0.1) is 5.41 Å². The summed E-state index contributed by atoms with van der Waals surface area (Å²) in [4.78, 5) is 10.8. The number of benzene rings is 1. The third-order valence-electron chi connectivity index (χ3n) is 1.68. The van der Waals surface area contributed by atoms with Crippen molar-refractivity contribution in [3.63, 3.8) is 0 Å². The molecule has 0 radical (unpaired) electrons. The molecule has 5 heteroatoms. The van der Waals surface area contributed by atoms with E-state index in [4.69, 9.17) is 16.2 Å². The number of carbonyl (C=O) groups is 1. The Morgan fingerprint density at radius 1 is 1.43 bits per heavy atom. The quantitative estimate of drug-likeness (QED) is 0.409. The fraction of sp³-hybridized carbons (Fsp3) is 0.111. The van der Waals surface area contributed by atoms with Crippen molar-refractivity contribution in [2.24, 2.45) is 5.73 Å². The summed E-state index contributed by atoms with van der Waals surface area (Å²) in [5.41, 5.74) is 5.64. The molecule has 14 heavy (non-hydrogen) atoms. The normalized spacial score (nSPS) is 11.7. The molecule has 0 spiro atoms. The first kappa shape index (κ1) is 10.0. The van der Waals surface area contributed by atoms with E-state index in [1.807, 2.05) is 0 Å². The largest absolute Gasteiger partial charge is 0.479 e. The topological polar surface area (TPSA) is 99.2 Å². The zero-order chi connectivity index (χ0) is 10.6. The molecule has 1 rings (SSSR count). The second-order valence-electron chi connectivity index (χ2n) is 2.74. The molecular formula is C9H11N3O2. The van der Waals surface area contributed by atoms with Gasteiger partial charge < -0.3 is 16.2 Å². The SMILES string of the molecule is N=C(N)NC(C(=O)O)c1ccccc1. The average molecular weight is 193 g/mol. The predicted octanol–water partition coefficient (Wildman–Crippen LogP) is 0.295. The molecule has 1 atom stereocenters. The second-order valence-corrected chi connectivity index (χ2v) is 2.74. The summed E-state index contributed by atoms with van der Waals surface area (Å²) in [6.07, 6.45) is 0. The van der Waals surface area contributed by atoms with Crippen molar-refractivity contribution in [3.05, 3.63) is 35.9 Å². The van der Waals surface area contributed by atoms with E-state index < -0.39 is 12.0 Å². The van der Waals surface area contributed by atoms with Crippen LogP contribution in [0.2, 0.25) is 0 Å². The van der Waals surface area contributed by atoms with Crippen molar-refractivity contribution < 1.29 is 9.90 Å². The van der Waals surface area contributed by atoms with Crippen LogP contribution in [0.15, 0.2) is 30.3 Å². The van der Waals surface area contributed by atoms with Gasteiger partial charge in [0.2, 0.25) is 0 Å². The van der Waals surface area contributed by atoms with Gasteiger partial charge in [-0.15, -0.1) is 0 Å². The molecule has 1 aromatic rings. The van der Waals surface area contributed by atoms with Crippen LogP contribution in [0.1, 0.15) is 11.6 Å². The van der Waals surface area contributed by atoms with Crippen LogP contribution >= 0.6 is 0 Å². The maximum atomic E-state index is 10.8. The molecule has 5 N–H and O–H groups in total. The highest BCUT2D eigenvalue weighted by atomic mass is 16.4. The van der Waals surface area contributed by atoms with Gasteiger partial charge in [0.15, 0.2) is 12.0 Å². The van der Waals surface area contributed by atoms with Gasteiger partial charge in [0.05, 0.1) is 0 Å². The van der Waals surface area contributed by atoms with Gasteiger partial charge in [-0.1, -0.05) is 30.3 Å². The Morgan fingerprint density at radius 2 is 2.00 bits per heavy atom. The standard InChI is InChI=1S/C9H11N3O2/c10-9(11)12-7(8(13)14)6-4-2-1-3-5-6/h1-5,7H,(H,13,14)(H4,10,11,12). The Hall–Kier alpha value is -2.04. The van der Waals surface area contributed by atoms with E-state index in [0.717, 1.165) is 0 Å². The first-order chi connectivity index (χ1) is 6.61. The predicted molar refractivity (Wildman–Crippen MR) is 51.9 cm³/mol. The molecular weight excluding hydrogens is 182 g/mol. The van der Waals surface area contributed by atoms with Gasteiger partial charge in [0, 0.05) is 0 Å². The van der Waals surface area contributed by atoms with Crippen molar-refractivity contribution in [3.8, 4) is 0 Å². The van der Waals surface area contributed by atoms with Gasteiger partial charge in [0.1, 0.15) is 0 Å². The third-order valence-corrected chi connectivity index (χ3v) is 1.68. The molecule has 1 aromatic carbocycles. The van der Waals surface area contributed by atoms with E-state index in [1.54, 1.807) is 30.3 Å². The monoisotopic (exact) mass is 193 g/mol. The Balaban J connectivity index is 2.89. The molecule has 1 unspecified atom stereocenters. The molecule has 74 valence electrons. The molecule has 5 nitrogen and oxygen atoms in total. The molecule has 0 aromatic heterocycles. The van der Waals surface area contributed by atoms with Crippen molar-refractivity contribution in [2.45, 2.75) is 6.04 Å². The van der Waals surface area contributed by atoms with Crippen LogP contribution < -0.4 is 11.1 Å². The van der Waals surface area contributed by atoms with Crippen molar-refractivity contribution in [1.29, 1.82) is 5.41 Å². The van der Waals surface area contributed by atoms with Crippen molar-refractivity contribution >= 4 is 11.9 Å². The van der Waals surface area contributed by atoms with E-state index >= 15 is 0 Å². The molecule has 0 aliphatic heterocycles. The summed E-state index contributed by atoms with van der Waals surface area (Å²) >= 11 is 0. The lowest BCUT2D eigenvalue weighted by atomic mass is 10.1. The van der Waals surface area contributed by atoms with Crippen LogP contribution in [-0.2, 0) is 4.79 Å². The third kappa shape index (κ3) is 2.48. The summed E-state index contributed by atoms with van der Waals surface area (Å²) in [7, 11) is 0. The Morgan fingerprint density at radius 3 is 2.43 bits per heavy atom. The van der Waals surface area contributed by atoms with Gasteiger partial charge >= 0.3 is 5.97 Å². The lowest BCUT2D eigenvalue weighted by Crippen LogP contribution is -2.37. The first-order valence-electron chi connectivity index (χ1n) is 3.99. The summed E-state index contributed by atoms with van der Waals surface area (Å²) in [5.74, 6) is -1.42. The zero-order valence-corrected chi connectivity index (χ0v) is 7.40. The van der Waals surface area contributed by atoms with Crippen LogP contribution in [0.3, 0.4) is 0 Å². The molecule has 0 amide bonds. The highest BCUT2D eigenvalue weighted by molar-refractivity contribution is 5.83. The Kier molecular flexibility index (Phi) is 3.06. The summed E-state index contributed by atoms with van der Waals surface area (Å²) in [6.45, 7) is 0. The molecule has 0 aliphatic rings. The first-order valence-corrected chi connectivity index (χ1v) is 3.99.